The Bertz CT molecular complexity index is 579. The molecule has 4 nitrogen and oxygen atoms in total. The number of halogens is 2. The second kappa shape index (κ2) is 6.29. The molecule has 106 valence electrons. The van der Waals surface area contributed by atoms with E-state index in [1.54, 1.807) is 30.5 Å². The summed E-state index contributed by atoms with van der Waals surface area (Å²) < 4.78 is 34.3. The molecule has 0 fully saturated rings. The lowest BCUT2D eigenvalue weighted by Crippen LogP contribution is -2.15. The Morgan fingerprint density at radius 1 is 1.20 bits per heavy atom. The van der Waals surface area contributed by atoms with Crippen LogP contribution in [-0.2, 0) is 0 Å². The number of benzene rings is 1. The van der Waals surface area contributed by atoms with Gasteiger partial charge in [-0.15, -0.1) is 0 Å². The van der Waals surface area contributed by atoms with Gasteiger partial charge < -0.3 is 15.2 Å². The summed E-state index contributed by atoms with van der Waals surface area (Å²) >= 11 is 0. The number of methoxy groups -OCH3 is 1. The molecule has 0 saturated heterocycles. The van der Waals surface area contributed by atoms with Crippen LogP contribution in [0.1, 0.15) is 17.2 Å². The van der Waals surface area contributed by atoms with Crippen LogP contribution in [-0.4, -0.2) is 18.7 Å². The van der Waals surface area contributed by atoms with E-state index in [-0.39, 0.29) is 5.75 Å². The predicted octanol–water partition coefficient (Wildman–Crippen LogP) is 2.74. The fraction of sp³-hybridized carbons (Fsp3) is 0.214. The van der Waals surface area contributed by atoms with Crippen LogP contribution in [0.25, 0.3) is 0 Å². The van der Waals surface area contributed by atoms with Crippen molar-refractivity contribution in [3.8, 4) is 11.5 Å². The Balaban J connectivity index is 2.34. The number of hydrogen-bond donors (Lipinski definition) is 1. The van der Waals surface area contributed by atoms with Crippen molar-refractivity contribution in [2.24, 2.45) is 5.73 Å². The Morgan fingerprint density at radius 3 is 2.65 bits per heavy atom. The van der Waals surface area contributed by atoms with Crippen LogP contribution in [0.4, 0.5) is 8.78 Å². The molecule has 2 aromatic rings. The molecule has 1 aromatic heterocycles. The average Bonchev–Trinajstić information content (AvgIpc) is 2.46. The molecule has 0 radical (unpaired) electrons. The molecule has 1 unspecified atom stereocenters. The number of pyridine rings is 1. The Labute approximate surface area is 115 Å². The molecular weight excluding hydrogens is 266 g/mol. The first-order valence-corrected chi connectivity index (χ1v) is 5.90. The van der Waals surface area contributed by atoms with Gasteiger partial charge in [-0.2, -0.15) is 8.78 Å². The van der Waals surface area contributed by atoms with Gasteiger partial charge in [0.15, 0.2) is 0 Å². The summed E-state index contributed by atoms with van der Waals surface area (Å²) in [5, 5.41) is 0. The van der Waals surface area contributed by atoms with Crippen LogP contribution in [0, 0.1) is 0 Å². The minimum Gasteiger partial charge on any atom is -0.495 e. The zero-order valence-electron chi connectivity index (χ0n) is 10.8. The molecule has 0 aliphatic heterocycles. The largest absolute Gasteiger partial charge is 0.495 e. The average molecular weight is 280 g/mol. The maximum absolute atomic E-state index is 12.4. The minimum absolute atomic E-state index is 0.0535. The van der Waals surface area contributed by atoms with Crippen LogP contribution in [0.15, 0.2) is 42.7 Å². The first-order chi connectivity index (χ1) is 9.61. The number of rotatable bonds is 5. The molecule has 2 rings (SSSR count). The molecule has 0 spiro atoms. The molecule has 0 saturated carbocycles. The quantitative estimate of drug-likeness (QED) is 0.915. The van der Waals surface area contributed by atoms with E-state index in [1.165, 1.54) is 19.4 Å². The summed E-state index contributed by atoms with van der Waals surface area (Å²) in [6, 6.07) is 7.49. The van der Waals surface area contributed by atoms with E-state index >= 15 is 0 Å². The topological polar surface area (TPSA) is 57.4 Å². The molecular formula is C14H14F2N2O2. The van der Waals surface area contributed by atoms with Crippen molar-refractivity contribution in [2.45, 2.75) is 12.7 Å². The summed E-state index contributed by atoms with van der Waals surface area (Å²) in [5.74, 6) is 0.600. The number of nitrogens with two attached hydrogens (primary N) is 1. The number of aromatic nitrogens is 1. The summed E-state index contributed by atoms with van der Waals surface area (Å²) in [6.45, 7) is -2.90. The van der Waals surface area contributed by atoms with E-state index in [4.69, 9.17) is 10.5 Å². The van der Waals surface area contributed by atoms with Gasteiger partial charge >= 0.3 is 6.61 Å². The first-order valence-electron chi connectivity index (χ1n) is 5.90. The van der Waals surface area contributed by atoms with Crippen LogP contribution in [0.3, 0.4) is 0 Å². The minimum atomic E-state index is -2.90. The van der Waals surface area contributed by atoms with E-state index in [2.05, 4.69) is 9.72 Å². The smallest absolute Gasteiger partial charge is 0.387 e. The van der Waals surface area contributed by atoms with Gasteiger partial charge in [-0.25, -0.2) is 0 Å². The van der Waals surface area contributed by atoms with Crippen LogP contribution < -0.4 is 15.2 Å². The molecule has 1 aromatic carbocycles. The lowest BCUT2D eigenvalue weighted by molar-refractivity contribution is -0.0505. The fourth-order valence-electron chi connectivity index (χ4n) is 1.84. The standard InChI is InChI=1S/C14H14F2N2O2/c1-19-10-6-9(7-18-8-10)13(17)11-4-2-3-5-12(11)20-14(15)16/h2-8,13-14H,17H2,1H3. The second-order valence-electron chi connectivity index (χ2n) is 4.05. The molecule has 0 amide bonds. The molecule has 1 atom stereocenters. The monoisotopic (exact) mass is 280 g/mol. The normalized spacial score (nSPS) is 12.2. The number of nitrogens with zero attached hydrogens (tertiary/aromatic N) is 1. The van der Waals surface area contributed by atoms with Gasteiger partial charge in [-0.05, 0) is 17.7 Å². The van der Waals surface area contributed by atoms with Gasteiger partial charge in [-0.1, -0.05) is 18.2 Å². The molecule has 6 heteroatoms. The number of para-hydroxylation sites is 1. The summed E-state index contributed by atoms with van der Waals surface area (Å²) in [7, 11) is 1.51. The Kier molecular flexibility index (Phi) is 4.47. The van der Waals surface area contributed by atoms with E-state index in [0.29, 0.717) is 16.9 Å². The van der Waals surface area contributed by atoms with Crippen molar-refractivity contribution in [1.29, 1.82) is 0 Å². The highest BCUT2D eigenvalue weighted by molar-refractivity contribution is 5.41. The Morgan fingerprint density at radius 2 is 1.95 bits per heavy atom. The van der Waals surface area contributed by atoms with Crippen molar-refractivity contribution in [2.75, 3.05) is 7.11 Å². The number of hydrogen-bond acceptors (Lipinski definition) is 4. The first kappa shape index (κ1) is 14.2. The summed E-state index contributed by atoms with van der Waals surface area (Å²) in [4.78, 5) is 4.00. The van der Waals surface area contributed by atoms with E-state index < -0.39 is 12.7 Å². The van der Waals surface area contributed by atoms with Crippen LogP contribution in [0.5, 0.6) is 11.5 Å². The molecule has 0 aliphatic rings. The van der Waals surface area contributed by atoms with Gasteiger partial charge in [-0.3, -0.25) is 4.98 Å². The molecule has 20 heavy (non-hydrogen) atoms. The SMILES string of the molecule is COc1cncc(C(N)c2ccccc2OC(F)F)c1. The summed E-state index contributed by atoms with van der Waals surface area (Å²) in [6.07, 6.45) is 3.10. The predicted molar refractivity (Wildman–Crippen MR) is 69.9 cm³/mol. The van der Waals surface area contributed by atoms with E-state index in [9.17, 15) is 8.78 Å². The van der Waals surface area contributed by atoms with Gasteiger partial charge in [0.05, 0.1) is 19.3 Å². The van der Waals surface area contributed by atoms with Crippen LogP contribution in [0.2, 0.25) is 0 Å². The van der Waals surface area contributed by atoms with Gasteiger partial charge in [0, 0.05) is 11.8 Å². The zero-order valence-corrected chi connectivity index (χ0v) is 10.8. The maximum Gasteiger partial charge on any atom is 0.387 e. The third-order valence-electron chi connectivity index (χ3n) is 2.80. The Hall–Kier alpha value is -2.21. The number of alkyl halides is 2. The molecule has 0 aliphatic carbocycles. The molecule has 0 bridgehead atoms. The van der Waals surface area contributed by atoms with E-state index in [1.807, 2.05) is 0 Å². The maximum atomic E-state index is 12.4. The molecule has 1 heterocycles. The van der Waals surface area contributed by atoms with Crippen molar-refractivity contribution in [1.82, 2.24) is 4.98 Å². The van der Waals surface area contributed by atoms with Gasteiger partial charge in [0.25, 0.3) is 0 Å². The third-order valence-corrected chi connectivity index (χ3v) is 2.80. The van der Waals surface area contributed by atoms with Crippen molar-refractivity contribution in [3.63, 3.8) is 0 Å². The lowest BCUT2D eigenvalue weighted by atomic mass is 10.00. The third kappa shape index (κ3) is 3.21. The zero-order chi connectivity index (χ0) is 14.5. The van der Waals surface area contributed by atoms with E-state index in [0.717, 1.165) is 0 Å². The highest BCUT2D eigenvalue weighted by Crippen LogP contribution is 2.30. The van der Waals surface area contributed by atoms with Gasteiger partial charge in [0.1, 0.15) is 11.5 Å². The summed E-state index contributed by atoms with van der Waals surface area (Å²) in [5.41, 5.74) is 7.20. The lowest BCUT2D eigenvalue weighted by Gasteiger charge is -2.17. The highest BCUT2D eigenvalue weighted by Gasteiger charge is 2.17. The highest BCUT2D eigenvalue weighted by atomic mass is 19.3. The van der Waals surface area contributed by atoms with Gasteiger partial charge in [0.2, 0.25) is 0 Å². The van der Waals surface area contributed by atoms with Crippen molar-refractivity contribution in [3.05, 3.63) is 53.9 Å². The fourth-order valence-corrected chi connectivity index (χ4v) is 1.84. The van der Waals surface area contributed by atoms with Crippen molar-refractivity contribution < 1.29 is 18.3 Å². The second-order valence-corrected chi connectivity index (χ2v) is 4.05. The van der Waals surface area contributed by atoms with Crippen molar-refractivity contribution >= 4 is 0 Å². The number of ether oxygens (including phenoxy) is 2. The van der Waals surface area contributed by atoms with Crippen LogP contribution >= 0.6 is 0 Å². The molecule has 2 N–H and O–H groups in total.